The van der Waals surface area contributed by atoms with E-state index in [2.05, 4.69) is 21.9 Å². The minimum atomic E-state index is -0.412. The molecule has 0 aliphatic carbocycles. The maximum absolute atomic E-state index is 12.1. The highest BCUT2D eigenvalue weighted by Crippen LogP contribution is 2.30. The minimum absolute atomic E-state index is 0.113. The SMILES string of the molecule is CC(C)(C)OC(=O)CN1CC2CCC1CN2Cc1cccc(N)c1. The molecular weight excluding hydrogens is 302 g/mol. The van der Waals surface area contributed by atoms with Gasteiger partial charge in [0.25, 0.3) is 0 Å². The largest absolute Gasteiger partial charge is 0.459 e. The Morgan fingerprint density at radius 2 is 1.88 bits per heavy atom. The molecule has 3 heterocycles. The number of hydrogen-bond donors (Lipinski definition) is 1. The predicted octanol–water partition coefficient (Wildman–Crippen LogP) is 2.26. The Morgan fingerprint density at radius 3 is 2.46 bits per heavy atom. The lowest BCUT2D eigenvalue weighted by Crippen LogP contribution is -2.63. The molecule has 2 unspecified atom stereocenters. The molecule has 0 spiro atoms. The van der Waals surface area contributed by atoms with Crippen molar-refractivity contribution in [2.75, 3.05) is 25.4 Å². The van der Waals surface area contributed by atoms with Crippen LogP contribution in [-0.2, 0) is 16.1 Å². The van der Waals surface area contributed by atoms with Gasteiger partial charge in [-0.2, -0.15) is 0 Å². The zero-order valence-corrected chi connectivity index (χ0v) is 15.0. The van der Waals surface area contributed by atoms with Crippen molar-refractivity contribution in [3.8, 4) is 0 Å². The van der Waals surface area contributed by atoms with E-state index in [1.807, 2.05) is 32.9 Å². The van der Waals surface area contributed by atoms with Crippen LogP contribution >= 0.6 is 0 Å². The second kappa shape index (κ2) is 6.73. The van der Waals surface area contributed by atoms with E-state index in [0.29, 0.717) is 18.6 Å². The Balaban J connectivity index is 1.57. The number of piperazine rings is 1. The average molecular weight is 331 g/mol. The second-order valence-electron chi connectivity index (χ2n) is 8.08. The molecule has 3 fully saturated rings. The molecule has 132 valence electrons. The molecule has 3 aliphatic heterocycles. The molecular formula is C19H29N3O2. The van der Waals surface area contributed by atoms with E-state index in [1.165, 1.54) is 18.4 Å². The minimum Gasteiger partial charge on any atom is -0.459 e. The molecule has 5 nitrogen and oxygen atoms in total. The highest BCUT2D eigenvalue weighted by atomic mass is 16.6. The summed E-state index contributed by atoms with van der Waals surface area (Å²) in [5, 5.41) is 0. The van der Waals surface area contributed by atoms with Gasteiger partial charge in [0.1, 0.15) is 5.60 Å². The third-order valence-electron chi connectivity index (χ3n) is 4.85. The van der Waals surface area contributed by atoms with Crippen LogP contribution in [-0.4, -0.2) is 53.1 Å². The van der Waals surface area contributed by atoms with Crippen LogP contribution in [0.3, 0.4) is 0 Å². The van der Waals surface area contributed by atoms with E-state index in [4.69, 9.17) is 10.5 Å². The molecule has 2 bridgehead atoms. The van der Waals surface area contributed by atoms with Crippen LogP contribution in [0, 0.1) is 0 Å². The van der Waals surface area contributed by atoms with Crippen LogP contribution in [0.15, 0.2) is 24.3 Å². The molecule has 4 rings (SSSR count). The first-order valence-corrected chi connectivity index (χ1v) is 8.84. The molecule has 3 aliphatic rings. The van der Waals surface area contributed by atoms with Crippen molar-refractivity contribution >= 4 is 11.7 Å². The summed E-state index contributed by atoms with van der Waals surface area (Å²) in [6.45, 7) is 9.06. The van der Waals surface area contributed by atoms with E-state index in [-0.39, 0.29) is 5.97 Å². The average Bonchev–Trinajstić information content (AvgIpc) is 2.46. The lowest BCUT2D eigenvalue weighted by molar-refractivity contribution is -0.159. The standard InChI is InChI=1S/C19H29N3O2/c1-19(2,3)24-18(23)13-22-12-16-7-8-17(22)11-21(16)10-14-5-4-6-15(20)9-14/h4-6,9,16-17H,7-8,10-13,20H2,1-3H3. The van der Waals surface area contributed by atoms with Crippen LogP contribution in [0.2, 0.25) is 0 Å². The first-order valence-electron chi connectivity index (χ1n) is 8.84. The Labute approximate surface area is 144 Å². The van der Waals surface area contributed by atoms with Crippen LogP contribution in [0.4, 0.5) is 5.69 Å². The third-order valence-corrected chi connectivity index (χ3v) is 4.85. The molecule has 0 aromatic heterocycles. The number of nitrogens with zero attached hydrogens (tertiary/aromatic N) is 2. The van der Waals surface area contributed by atoms with Gasteiger partial charge in [0.05, 0.1) is 6.54 Å². The van der Waals surface area contributed by atoms with Crippen molar-refractivity contribution < 1.29 is 9.53 Å². The lowest BCUT2D eigenvalue weighted by atomic mass is 9.90. The Kier molecular flexibility index (Phi) is 4.83. The molecule has 0 amide bonds. The number of carbonyl (C=O) groups excluding carboxylic acids is 1. The van der Waals surface area contributed by atoms with Gasteiger partial charge in [-0.15, -0.1) is 0 Å². The number of rotatable bonds is 4. The number of benzene rings is 1. The molecule has 24 heavy (non-hydrogen) atoms. The predicted molar refractivity (Wildman–Crippen MR) is 95.5 cm³/mol. The topological polar surface area (TPSA) is 58.8 Å². The van der Waals surface area contributed by atoms with Gasteiger partial charge in [-0.1, -0.05) is 12.1 Å². The van der Waals surface area contributed by atoms with E-state index in [0.717, 1.165) is 25.3 Å². The van der Waals surface area contributed by atoms with Crippen molar-refractivity contribution in [2.24, 2.45) is 0 Å². The maximum atomic E-state index is 12.1. The number of carbonyl (C=O) groups is 1. The number of piperidine rings is 2. The Hall–Kier alpha value is -1.59. The smallest absolute Gasteiger partial charge is 0.320 e. The van der Waals surface area contributed by atoms with Gasteiger partial charge in [-0.3, -0.25) is 14.6 Å². The number of nitrogen functional groups attached to an aromatic ring is 1. The lowest BCUT2D eigenvalue weighted by Gasteiger charge is -2.51. The molecule has 5 heteroatoms. The number of anilines is 1. The molecule has 0 saturated carbocycles. The summed E-state index contributed by atoms with van der Waals surface area (Å²) in [6, 6.07) is 9.09. The van der Waals surface area contributed by atoms with Crippen LogP contribution < -0.4 is 5.73 Å². The molecule has 0 radical (unpaired) electrons. The zero-order valence-electron chi connectivity index (χ0n) is 15.0. The van der Waals surface area contributed by atoms with Gasteiger partial charge in [0.2, 0.25) is 0 Å². The first kappa shape index (κ1) is 17.2. The summed E-state index contributed by atoms with van der Waals surface area (Å²) in [6.07, 6.45) is 2.37. The van der Waals surface area contributed by atoms with Crippen molar-refractivity contribution in [3.63, 3.8) is 0 Å². The van der Waals surface area contributed by atoms with E-state index < -0.39 is 5.60 Å². The summed E-state index contributed by atoms with van der Waals surface area (Å²) in [5.41, 5.74) is 7.56. The maximum Gasteiger partial charge on any atom is 0.320 e. The molecule has 1 aromatic rings. The number of nitrogens with two attached hydrogens (primary N) is 1. The van der Waals surface area contributed by atoms with Crippen molar-refractivity contribution in [2.45, 2.75) is 57.8 Å². The summed E-state index contributed by atoms with van der Waals surface area (Å²) >= 11 is 0. The Morgan fingerprint density at radius 1 is 1.21 bits per heavy atom. The van der Waals surface area contributed by atoms with Gasteiger partial charge in [0, 0.05) is 37.4 Å². The second-order valence-corrected chi connectivity index (χ2v) is 8.08. The fraction of sp³-hybridized carbons (Fsp3) is 0.632. The summed E-state index contributed by atoms with van der Waals surface area (Å²) in [5.74, 6) is -0.113. The molecule has 3 saturated heterocycles. The van der Waals surface area contributed by atoms with Crippen molar-refractivity contribution in [1.29, 1.82) is 0 Å². The van der Waals surface area contributed by atoms with Gasteiger partial charge >= 0.3 is 5.97 Å². The van der Waals surface area contributed by atoms with Gasteiger partial charge in [-0.25, -0.2) is 0 Å². The van der Waals surface area contributed by atoms with Crippen molar-refractivity contribution in [1.82, 2.24) is 9.80 Å². The zero-order chi connectivity index (χ0) is 17.3. The fourth-order valence-corrected chi connectivity index (χ4v) is 3.86. The third kappa shape index (κ3) is 4.28. The van der Waals surface area contributed by atoms with Gasteiger partial charge in [0.15, 0.2) is 0 Å². The normalized spacial score (nSPS) is 25.0. The molecule has 2 atom stereocenters. The van der Waals surface area contributed by atoms with Crippen LogP contribution in [0.25, 0.3) is 0 Å². The summed E-state index contributed by atoms with van der Waals surface area (Å²) in [4.78, 5) is 17.0. The highest BCUT2D eigenvalue weighted by molar-refractivity contribution is 5.72. The monoisotopic (exact) mass is 331 g/mol. The summed E-state index contributed by atoms with van der Waals surface area (Å²) < 4.78 is 5.48. The van der Waals surface area contributed by atoms with Crippen LogP contribution in [0.1, 0.15) is 39.2 Å². The highest BCUT2D eigenvalue weighted by Gasteiger charge is 2.39. The number of hydrogen-bond acceptors (Lipinski definition) is 5. The number of ether oxygens (including phenoxy) is 1. The number of fused-ring (bicyclic) bond motifs is 3. The Bertz CT molecular complexity index is 597. The fourth-order valence-electron chi connectivity index (χ4n) is 3.86. The van der Waals surface area contributed by atoms with Gasteiger partial charge in [-0.05, 0) is 51.3 Å². The quantitative estimate of drug-likeness (QED) is 0.677. The van der Waals surface area contributed by atoms with E-state index >= 15 is 0 Å². The van der Waals surface area contributed by atoms with E-state index in [1.54, 1.807) is 0 Å². The number of esters is 1. The molecule has 1 aromatic carbocycles. The van der Waals surface area contributed by atoms with Crippen molar-refractivity contribution in [3.05, 3.63) is 29.8 Å². The van der Waals surface area contributed by atoms with Crippen LogP contribution in [0.5, 0.6) is 0 Å². The first-order chi connectivity index (χ1) is 11.3. The summed E-state index contributed by atoms with van der Waals surface area (Å²) in [7, 11) is 0. The van der Waals surface area contributed by atoms with Gasteiger partial charge < -0.3 is 10.5 Å². The molecule has 2 N–H and O–H groups in total. The van der Waals surface area contributed by atoms with E-state index in [9.17, 15) is 4.79 Å².